The number of fused-ring (bicyclic) bond motifs is 1. The predicted molar refractivity (Wildman–Crippen MR) is 126 cm³/mol. The lowest BCUT2D eigenvalue weighted by atomic mass is 10.0. The van der Waals surface area contributed by atoms with Crippen LogP contribution in [0.15, 0.2) is 21.8 Å². The first-order chi connectivity index (χ1) is 17.0. The number of aliphatic carboxylic acids is 1. The van der Waals surface area contributed by atoms with E-state index < -0.39 is 52.8 Å². The van der Waals surface area contributed by atoms with Crippen LogP contribution in [0.1, 0.15) is 19.5 Å². The molecule has 0 aliphatic carbocycles. The zero-order valence-electron chi connectivity index (χ0n) is 18.6. The van der Waals surface area contributed by atoms with E-state index >= 15 is 0 Å². The number of carboxylic acids is 1. The van der Waals surface area contributed by atoms with Crippen molar-refractivity contribution in [2.75, 3.05) is 23.6 Å². The molecule has 3 N–H and O–H groups in total. The molecule has 1 aromatic rings. The van der Waals surface area contributed by atoms with Gasteiger partial charge in [0.2, 0.25) is 5.91 Å². The molecule has 192 valence electrons. The van der Waals surface area contributed by atoms with E-state index in [4.69, 9.17) is 16.3 Å². The van der Waals surface area contributed by atoms with E-state index in [0.29, 0.717) is 0 Å². The zero-order valence-corrected chi connectivity index (χ0v) is 21.0. The van der Waals surface area contributed by atoms with Gasteiger partial charge in [0.1, 0.15) is 35.3 Å². The summed E-state index contributed by atoms with van der Waals surface area (Å²) >= 11 is 7.56. The fourth-order valence-corrected chi connectivity index (χ4v) is 5.21. The Bertz CT molecular complexity index is 1200. The van der Waals surface area contributed by atoms with Gasteiger partial charge in [0.15, 0.2) is 10.8 Å². The van der Waals surface area contributed by atoms with Crippen LogP contribution in [0.4, 0.5) is 5.13 Å². The molecule has 2 aliphatic heterocycles. The fourth-order valence-electron chi connectivity index (χ4n) is 3.10. The van der Waals surface area contributed by atoms with E-state index in [2.05, 4.69) is 25.6 Å². The molecule has 36 heavy (non-hydrogen) atoms. The summed E-state index contributed by atoms with van der Waals surface area (Å²) in [7, 11) is 0. The molecular weight excluding hydrogens is 542 g/mol. The van der Waals surface area contributed by atoms with Gasteiger partial charge in [-0.2, -0.15) is 0 Å². The van der Waals surface area contributed by atoms with Crippen LogP contribution in [-0.2, 0) is 38.3 Å². The molecule has 0 saturated carbocycles. The van der Waals surface area contributed by atoms with Crippen LogP contribution in [0.2, 0.25) is 0 Å². The average Bonchev–Trinajstić information content (AvgIpc) is 3.27. The van der Waals surface area contributed by atoms with Gasteiger partial charge in [0, 0.05) is 30.6 Å². The van der Waals surface area contributed by atoms with Gasteiger partial charge in [0.25, 0.3) is 11.8 Å². The molecule has 3 heterocycles. The van der Waals surface area contributed by atoms with Crippen molar-refractivity contribution in [2.24, 2.45) is 5.16 Å². The molecule has 14 nitrogen and oxygen atoms in total. The third kappa shape index (κ3) is 6.00. The molecule has 0 radical (unpaired) electrons. The number of carbonyl (C=O) groups is 6. The Morgan fingerprint density at radius 2 is 2.00 bits per heavy atom. The number of oxime groups is 1. The quantitative estimate of drug-likeness (QED) is 0.0912. The molecule has 2 atom stereocenters. The molecule has 3 amide bonds. The number of ether oxygens (including phenoxy) is 1. The third-order valence-electron chi connectivity index (χ3n) is 4.58. The molecular formula is C19H18ClN5O9S2. The molecule has 17 heteroatoms. The minimum Gasteiger partial charge on any atom is -0.477 e. The molecule has 0 spiro atoms. The highest BCUT2D eigenvalue weighted by atomic mass is 35.5. The van der Waals surface area contributed by atoms with Crippen LogP contribution in [0.5, 0.6) is 0 Å². The van der Waals surface area contributed by atoms with Gasteiger partial charge in [-0.1, -0.05) is 5.16 Å². The average molecular weight is 560 g/mol. The van der Waals surface area contributed by atoms with Gasteiger partial charge in [-0.3, -0.25) is 24.1 Å². The SMILES string of the molecule is CC(=O)OCC1=C(C(=O)O)N2C(=O)C(NC(=O)C(=NOC(C)=O)c3csc(NC(=O)CCl)n3)[C@@H]2SC1. The number of thioether (sulfide) groups is 1. The van der Waals surface area contributed by atoms with Gasteiger partial charge in [-0.05, 0) is 0 Å². The Hall–Kier alpha value is -3.50. The van der Waals surface area contributed by atoms with Crippen LogP contribution in [0.3, 0.4) is 0 Å². The van der Waals surface area contributed by atoms with Crippen molar-refractivity contribution in [3.05, 3.63) is 22.3 Å². The van der Waals surface area contributed by atoms with E-state index in [1.165, 1.54) is 24.1 Å². The maximum atomic E-state index is 13.0. The lowest BCUT2D eigenvalue weighted by Gasteiger charge is -2.49. The number of halogens is 1. The number of β-lactam (4-membered cyclic amide) rings is 1. The summed E-state index contributed by atoms with van der Waals surface area (Å²) in [5, 5.41) is 18.7. The van der Waals surface area contributed by atoms with Crippen molar-refractivity contribution >= 4 is 81.2 Å². The van der Waals surface area contributed by atoms with E-state index in [0.717, 1.165) is 23.2 Å². The monoisotopic (exact) mass is 559 g/mol. The fraction of sp³-hybridized carbons (Fsp3) is 0.368. The number of thiazole rings is 1. The number of esters is 1. The van der Waals surface area contributed by atoms with Gasteiger partial charge in [-0.15, -0.1) is 34.7 Å². The molecule has 0 bridgehead atoms. The van der Waals surface area contributed by atoms with Crippen LogP contribution >= 0.6 is 34.7 Å². The van der Waals surface area contributed by atoms with Crippen LogP contribution in [-0.4, -0.2) is 86.0 Å². The second kappa shape index (κ2) is 11.5. The maximum absolute atomic E-state index is 13.0. The van der Waals surface area contributed by atoms with Crippen molar-refractivity contribution in [1.29, 1.82) is 0 Å². The summed E-state index contributed by atoms with van der Waals surface area (Å²) in [5.41, 5.74) is -0.588. The Morgan fingerprint density at radius 1 is 1.28 bits per heavy atom. The first-order valence-electron chi connectivity index (χ1n) is 9.95. The van der Waals surface area contributed by atoms with E-state index in [1.807, 2.05) is 0 Å². The van der Waals surface area contributed by atoms with Gasteiger partial charge in [0.05, 0.1) is 0 Å². The predicted octanol–water partition coefficient (Wildman–Crippen LogP) is -0.111. The summed E-state index contributed by atoms with van der Waals surface area (Å²) in [5.74, 6) is -5.17. The Kier molecular flexibility index (Phi) is 8.65. The normalized spacial score (nSPS) is 19.1. The molecule has 1 fully saturated rings. The number of hydrogen-bond donors (Lipinski definition) is 3. The second-order valence-electron chi connectivity index (χ2n) is 7.14. The van der Waals surface area contributed by atoms with Gasteiger partial charge < -0.3 is 25.3 Å². The van der Waals surface area contributed by atoms with Gasteiger partial charge in [-0.25, -0.2) is 14.6 Å². The topological polar surface area (TPSA) is 194 Å². The van der Waals surface area contributed by atoms with Crippen molar-refractivity contribution < 1.29 is 43.4 Å². The summed E-state index contributed by atoms with van der Waals surface area (Å²) < 4.78 is 4.88. The number of carboxylic acid groups (broad SMARTS) is 1. The summed E-state index contributed by atoms with van der Waals surface area (Å²) in [6, 6.07) is -1.12. The lowest BCUT2D eigenvalue weighted by molar-refractivity contribution is -0.150. The molecule has 2 aliphatic rings. The number of nitrogens with zero attached hydrogens (tertiary/aromatic N) is 3. The first kappa shape index (κ1) is 27.1. The van der Waals surface area contributed by atoms with Gasteiger partial charge >= 0.3 is 17.9 Å². The highest BCUT2D eigenvalue weighted by Gasteiger charge is 2.54. The minimum atomic E-state index is -1.38. The summed E-state index contributed by atoms with van der Waals surface area (Å²) in [6.45, 7) is 1.95. The van der Waals surface area contributed by atoms with E-state index in [9.17, 15) is 33.9 Å². The molecule has 1 unspecified atom stereocenters. The second-order valence-corrected chi connectivity index (χ2v) is 9.37. The number of anilines is 1. The molecule has 0 aromatic carbocycles. The number of amides is 3. The van der Waals surface area contributed by atoms with Crippen LogP contribution in [0.25, 0.3) is 0 Å². The first-order valence-corrected chi connectivity index (χ1v) is 12.4. The number of aromatic nitrogens is 1. The highest BCUT2D eigenvalue weighted by Crippen LogP contribution is 2.40. The lowest BCUT2D eigenvalue weighted by Crippen LogP contribution is -2.71. The molecule has 1 aromatic heterocycles. The zero-order chi connectivity index (χ0) is 26.6. The standard InChI is InChI=1S/C19H18ClN5O9S2/c1-7(26)33-4-9-5-35-17-13(16(30)25(17)14(9)18(31)32)23-15(29)12(24-34-8(2)27)10-6-36-19(21-10)22-11(28)3-20/h6,13,17H,3-5H2,1-2H3,(H,23,29)(H,31,32)(H,21,22,28)/t13?,17-/m0/s1. The third-order valence-corrected chi connectivity index (χ3v) is 6.92. The highest BCUT2D eigenvalue weighted by molar-refractivity contribution is 8.00. The minimum absolute atomic E-state index is 0.0571. The van der Waals surface area contributed by atoms with Crippen LogP contribution in [0, 0.1) is 0 Å². The number of rotatable bonds is 9. The summed E-state index contributed by atoms with van der Waals surface area (Å²) in [4.78, 5) is 81.1. The number of nitrogens with one attached hydrogen (secondary N) is 2. The number of alkyl halides is 1. The van der Waals surface area contributed by atoms with E-state index in [1.54, 1.807) is 0 Å². The van der Waals surface area contributed by atoms with Crippen molar-refractivity contribution in [1.82, 2.24) is 15.2 Å². The van der Waals surface area contributed by atoms with Crippen LogP contribution < -0.4 is 10.6 Å². The largest absolute Gasteiger partial charge is 0.477 e. The van der Waals surface area contributed by atoms with Crippen molar-refractivity contribution in [3.63, 3.8) is 0 Å². The number of hydrogen-bond acceptors (Lipinski definition) is 12. The Morgan fingerprint density at radius 3 is 2.61 bits per heavy atom. The maximum Gasteiger partial charge on any atom is 0.352 e. The molecule has 1 saturated heterocycles. The number of carbonyl (C=O) groups excluding carboxylic acids is 5. The smallest absolute Gasteiger partial charge is 0.352 e. The Labute approximate surface area is 216 Å². The van der Waals surface area contributed by atoms with E-state index in [-0.39, 0.29) is 40.3 Å². The molecule has 3 rings (SSSR count). The van der Waals surface area contributed by atoms with Crippen molar-refractivity contribution in [3.8, 4) is 0 Å². The summed E-state index contributed by atoms with van der Waals surface area (Å²) in [6.07, 6.45) is 0. The van der Waals surface area contributed by atoms with Crippen molar-refractivity contribution in [2.45, 2.75) is 25.3 Å². The Balaban J connectivity index is 1.79.